The Balaban J connectivity index is 0.00000342. The summed E-state index contributed by atoms with van der Waals surface area (Å²) < 4.78 is 5.02. The number of aromatic hydroxyl groups is 2. The summed E-state index contributed by atoms with van der Waals surface area (Å²) in [6.07, 6.45) is -4.04. The molecule has 1 heterocycles. The van der Waals surface area contributed by atoms with Crippen molar-refractivity contribution in [2.45, 2.75) is 43.7 Å². The molecule has 11 N–H and O–H groups in total. The van der Waals surface area contributed by atoms with Gasteiger partial charge in [0.05, 0.1) is 12.1 Å². The maximum atomic E-state index is 13.0. The molecule has 0 unspecified atom stereocenters. The van der Waals surface area contributed by atoms with E-state index in [4.69, 9.17) is 21.9 Å². The molecule has 14 heteroatoms. The zero-order valence-corrected chi connectivity index (χ0v) is 21.3. The number of hydrogen-bond donors (Lipinski definition) is 8. The maximum Gasteiger partial charge on any atom is 0.406 e. The number of ether oxygens (including phenoxy) is 1. The summed E-state index contributed by atoms with van der Waals surface area (Å²) in [7, 11) is 0. The number of carbonyl (C=O) groups is 3. The molecule has 0 fully saturated rings. The highest BCUT2D eigenvalue weighted by Gasteiger charge is 2.29. The van der Waals surface area contributed by atoms with Crippen LogP contribution in [0.15, 0.2) is 36.4 Å². The second kappa shape index (κ2) is 13.9. The van der Waals surface area contributed by atoms with Crippen molar-refractivity contribution in [2.75, 3.05) is 6.54 Å². The fourth-order valence-corrected chi connectivity index (χ4v) is 3.79. The number of carbonyl (C=O) groups excluding carboxylic acids is 3. The Bertz CT molecular complexity index is 1120. The van der Waals surface area contributed by atoms with Gasteiger partial charge in [-0.15, -0.1) is 24.8 Å². The summed E-state index contributed by atoms with van der Waals surface area (Å²) in [6.45, 7) is -0.172. The van der Waals surface area contributed by atoms with Crippen molar-refractivity contribution in [3.8, 4) is 22.6 Å². The van der Waals surface area contributed by atoms with Gasteiger partial charge in [0.1, 0.15) is 17.5 Å². The minimum Gasteiger partial charge on any atom is -0.508 e. The molecule has 204 valence electrons. The molecular weight excluding hydrogens is 529 g/mol. The number of hydrogen-bond acceptors (Lipinski definition) is 9. The van der Waals surface area contributed by atoms with Gasteiger partial charge in [-0.25, -0.2) is 4.79 Å². The van der Waals surface area contributed by atoms with Crippen molar-refractivity contribution in [1.29, 1.82) is 0 Å². The largest absolute Gasteiger partial charge is 0.508 e. The molecule has 4 atom stereocenters. The van der Waals surface area contributed by atoms with Crippen molar-refractivity contribution in [3.63, 3.8) is 0 Å². The third-order valence-electron chi connectivity index (χ3n) is 5.65. The van der Waals surface area contributed by atoms with Gasteiger partial charge in [-0.05, 0) is 41.0 Å². The Morgan fingerprint density at radius 2 is 1.51 bits per heavy atom. The number of primary amides is 1. The highest BCUT2D eigenvalue weighted by atomic mass is 35.5. The number of nitrogens with two attached hydrogens (primary N) is 3. The number of rotatable bonds is 4. The Hall–Kier alpha value is -3.29. The van der Waals surface area contributed by atoms with Crippen LogP contribution in [0.5, 0.6) is 11.5 Å². The summed E-state index contributed by atoms with van der Waals surface area (Å²) in [4.78, 5) is 37.3. The topological polar surface area (TPSA) is 223 Å². The van der Waals surface area contributed by atoms with Gasteiger partial charge in [-0.2, -0.15) is 0 Å². The van der Waals surface area contributed by atoms with Gasteiger partial charge in [0.25, 0.3) is 0 Å². The quantitative estimate of drug-likeness (QED) is 0.247. The molecule has 2 aromatic carbocycles. The fourth-order valence-electron chi connectivity index (χ4n) is 3.79. The zero-order valence-electron chi connectivity index (χ0n) is 19.6. The fraction of sp³-hybridized carbons (Fsp3) is 0.348. The van der Waals surface area contributed by atoms with Crippen LogP contribution in [0.4, 0.5) is 4.79 Å². The van der Waals surface area contributed by atoms with Gasteiger partial charge in [-0.1, -0.05) is 12.1 Å². The number of aliphatic hydroxyl groups is 1. The summed E-state index contributed by atoms with van der Waals surface area (Å²) in [5.41, 5.74) is 18.7. The molecule has 2 aromatic rings. The van der Waals surface area contributed by atoms with E-state index in [1.165, 1.54) is 12.1 Å². The van der Waals surface area contributed by atoms with E-state index in [0.717, 1.165) is 0 Å². The van der Waals surface area contributed by atoms with Crippen molar-refractivity contribution in [3.05, 3.63) is 47.5 Å². The Labute approximate surface area is 225 Å². The van der Waals surface area contributed by atoms with Crippen molar-refractivity contribution >= 4 is 42.7 Å². The van der Waals surface area contributed by atoms with Crippen LogP contribution in [-0.2, 0) is 27.2 Å². The summed E-state index contributed by atoms with van der Waals surface area (Å²) in [6, 6.07) is 7.08. The minimum atomic E-state index is -1.30. The average Bonchev–Trinajstić information content (AvgIpc) is 2.80. The van der Waals surface area contributed by atoms with Crippen molar-refractivity contribution < 1.29 is 34.4 Å². The van der Waals surface area contributed by atoms with E-state index in [9.17, 15) is 29.7 Å². The lowest BCUT2D eigenvalue weighted by molar-refractivity contribution is -0.132. The third-order valence-corrected chi connectivity index (χ3v) is 5.65. The molecule has 0 spiro atoms. The number of phenolic OH excluding ortho intramolecular Hbond substituents is 2. The van der Waals surface area contributed by atoms with Crippen LogP contribution in [0.2, 0.25) is 0 Å². The standard InChI is InChI=1S/C23H29N5O7.2ClH/c24-10-15(29)9-17-22(33)28-20(35-23(26)34)8-14-6-12(2-4-19(14)31)11-1-3-18(30)13(5-11)7-16(25)21(32)27-17;;/h1-6,15-17,20,29-31H,7-10,24-25H2,(H2,26,34)(H,27,32)(H,28,33);2*1H/t15-,16+,17+,20+;;/m1../s1. The number of halogens is 2. The lowest BCUT2D eigenvalue weighted by Crippen LogP contribution is -2.55. The van der Waals surface area contributed by atoms with Crippen LogP contribution in [-0.4, -0.2) is 64.2 Å². The number of phenols is 2. The highest BCUT2D eigenvalue weighted by molar-refractivity contribution is 5.90. The molecule has 3 rings (SSSR count). The van der Waals surface area contributed by atoms with Crippen LogP contribution in [0.1, 0.15) is 17.5 Å². The normalized spacial score (nSPS) is 20.5. The highest BCUT2D eigenvalue weighted by Crippen LogP contribution is 2.30. The van der Waals surface area contributed by atoms with E-state index in [1.54, 1.807) is 24.3 Å². The molecule has 12 nitrogen and oxygen atoms in total. The Morgan fingerprint density at radius 3 is 2.03 bits per heavy atom. The molecule has 0 radical (unpaired) electrons. The van der Waals surface area contributed by atoms with Gasteiger partial charge in [0.2, 0.25) is 11.8 Å². The molecule has 3 amide bonds. The monoisotopic (exact) mass is 559 g/mol. The SMILES string of the molecule is Cl.Cl.NC[C@H](O)C[C@@H]1NC(=O)[C@@H](N)Cc2cc(ccc2O)-c2ccc(O)c(c2)C[C@H](OC(N)=O)NC1=O. The lowest BCUT2D eigenvalue weighted by atomic mass is 9.96. The van der Waals surface area contributed by atoms with Crippen molar-refractivity contribution in [2.24, 2.45) is 17.2 Å². The number of benzene rings is 2. The van der Waals surface area contributed by atoms with Crippen LogP contribution in [0.3, 0.4) is 0 Å². The summed E-state index contributed by atoms with van der Waals surface area (Å²) in [5, 5.41) is 35.6. The molecule has 0 aliphatic carbocycles. The second-order valence-electron chi connectivity index (χ2n) is 8.32. The summed E-state index contributed by atoms with van der Waals surface area (Å²) >= 11 is 0. The molecule has 4 bridgehead atoms. The van der Waals surface area contributed by atoms with E-state index in [-0.39, 0.29) is 62.1 Å². The van der Waals surface area contributed by atoms with Crippen LogP contribution in [0, 0.1) is 0 Å². The van der Waals surface area contributed by atoms with Gasteiger partial charge < -0.3 is 47.9 Å². The van der Waals surface area contributed by atoms with Crippen LogP contribution < -0.4 is 27.8 Å². The molecule has 37 heavy (non-hydrogen) atoms. The Kier molecular flexibility index (Phi) is 11.9. The lowest BCUT2D eigenvalue weighted by Gasteiger charge is -2.25. The first-order valence-corrected chi connectivity index (χ1v) is 10.9. The maximum absolute atomic E-state index is 13.0. The van der Waals surface area contributed by atoms with E-state index in [1.807, 2.05) is 0 Å². The van der Waals surface area contributed by atoms with E-state index >= 15 is 0 Å². The van der Waals surface area contributed by atoms with Gasteiger partial charge in [-0.3, -0.25) is 9.59 Å². The first-order chi connectivity index (χ1) is 16.6. The van der Waals surface area contributed by atoms with Crippen LogP contribution >= 0.6 is 24.8 Å². The summed E-state index contributed by atoms with van der Waals surface area (Å²) in [5.74, 6) is -1.68. The number of amides is 3. The predicted molar refractivity (Wildman–Crippen MR) is 139 cm³/mol. The zero-order chi connectivity index (χ0) is 25.7. The van der Waals surface area contributed by atoms with E-state index in [2.05, 4.69) is 10.6 Å². The first-order valence-electron chi connectivity index (χ1n) is 10.9. The predicted octanol–water partition coefficient (Wildman–Crippen LogP) is -0.234. The van der Waals surface area contributed by atoms with Gasteiger partial charge in [0.15, 0.2) is 6.23 Å². The number of aliphatic hydroxyl groups excluding tert-OH is 1. The molecule has 0 saturated carbocycles. The van der Waals surface area contributed by atoms with Gasteiger partial charge >= 0.3 is 6.09 Å². The molecule has 1 aliphatic heterocycles. The van der Waals surface area contributed by atoms with E-state index < -0.39 is 42.3 Å². The molecule has 0 saturated heterocycles. The smallest absolute Gasteiger partial charge is 0.406 e. The average molecular weight is 560 g/mol. The molecular formula is C23H31Cl2N5O7. The van der Waals surface area contributed by atoms with Crippen molar-refractivity contribution in [1.82, 2.24) is 10.6 Å². The molecule has 0 aromatic heterocycles. The molecule has 1 aliphatic rings. The Morgan fingerprint density at radius 1 is 0.973 bits per heavy atom. The second-order valence-corrected chi connectivity index (χ2v) is 8.32. The third kappa shape index (κ3) is 8.37. The minimum absolute atomic E-state index is 0. The van der Waals surface area contributed by atoms with Crippen LogP contribution in [0.25, 0.3) is 11.1 Å². The number of nitrogens with one attached hydrogen (secondary N) is 2. The van der Waals surface area contributed by atoms with Gasteiger partial charge in [0, 0.05) is 31.4 Å². The first kappa shape index (κ1) is 31.7. The van der Waals surface area contributed by atoms with E-state index in [0.29, 0.717) is 22.3 Å². The number of fused-ring (bicyclic) bond motifs is 5.